The van der Waals surface area contributed by atoms with Crippen LogP contribution < -0.4 is 0 Å². The summed E-state index contributed by atoms with van der Waals surface area (Å²) in [6.45, 7) is 7.08. The smallest absolute Gasteiger partial charge is 0.364 e. The number of carboxylic acid groups (broad SMARTS) is 1. The molecule has 14 heavy (non-hydrogen) atoms. The molecule has 0 saturated carbocycles. The number of hydrogen-bond donors (Lipinski definition) is 2. The Morgan fingerprint density at radius 2 is 1.86 bits per heavy atom. The lowest BCUT2D eigenvalue weighted by atomic mass is 10.1. The molecule has 0 rings (SSSR count). The van der Waals surface area contributed by atoms with Crippen molar-refractivity contribution in [3.63, 3.8) is 0 Å². The molecule has 0 aliphatic carbocycles. The Bertz CT molecular complexity index is 195. The summed E-state index contributed by atoms with van der Waals surface area (Å²) in [5, 5.41) is 18.6. The summed E-state index contributed by atoms with van der Waals surface area (Å²) in [7, 11) is 0. The molecular weight excluding hydrogens is 184 g/mol. The Kier molecular flexibility index (Phi) is 4.55. The maximum atomic E-state index is 10.8. The van der Waals surface area contributed by atoms with Gasteiger partial charge in [-0.2, -0.15) is 0 Å². The van der Waals surface area contributed by atoms with E-state index in [2.05, 4.69) is 0 Å². The first kappa shape index (κ1) is 13.4. The van der Waals surface area contributed by atoms with E-state index in [1.807, 2.05) is 6.92 Å². The summed E-state index contributed by atoms with van der Waals surface area (Å²) < 4.78 is 5.14. The first-order valence-electron chi connectivity index (χ1n) is 4.87. The Morgan fingerprint density at radius 1 is 1.36 bits per heavy atom. The van der Waals surface area contributed by atoms with Crippen LogP contribution in [0.2, 0.25) is 0 Å². The van der Waals surface area contributed by atoms with E-state index in [9.17, 15) is 9.90 Å². The van der Waals surface area contributed by atoms with Gasteiger partial charge >= 0.3 is 5.97 Å². The van der Waals surface area contributed by atoms with Gasteiger partial charge in [0.15, 0.2) is 0 Å². The van der Waals surface area contributed by atoms with E-state index < -0.39 is 17.4 Å². The second-order valence-corrected chi connectivity index (χ2v) is 4.41. The van der Waals surface area contributed by atoms with E-state index in [4.69, 9.17) is 9.84 Å². The van der Waals surface area contributed by atoms with Crippen molar-refractivity contribution in [1.82, 2.24) is 0 Å². The Labute approximate surface area is 84.9 Å². The molecule has 4 nitrogen and oxygen atoms in total. The van der Waals surface area contributed by atoms with Crippen molar-refractivity contribution in [2.24, 2.45) is 0 Å². The Morgan fingerprint density at radius 3 is 2.14 bits per heavy atom. The molecule has 1 unspecified atom stereocenters. The first-order chi connectivity index (χ1) is 6.21. The molecule has 0 aliphatic rings. The summed E-state index contributed by atoms with van der Waals surface area (Å²) in [4.78, 5) is 10.8. The lowest BCUT2D eigenvalue weighted by molar-refractivity contribution is -0.258. The molecular formula is C10H20O4. The van der Waals surface area contributed by atoms with E-state index in [1.165, 1.54) is 0 Å². The molecule has 0 radical (unpaired) electrons. The quantitative estimate of drug-likeness (QED) is 0.670. The zero-order chi connectivity index (χ0) is 11.4. The van der Waals surface area contributed by atoms with Gasteiger partial charge in [0.05, 0.1) is 5.60 Å². The summed E-state index contributed by atoms with van der Waals surface area (Å²) in [5.74, 6) is -3.37. The fraction of sp³-hybridized carbons (Fsp3) is 0.900. The summed E-state index contributed by atoms with van der Waals surface area (Å²) in [6, 6.07) is 0. The number of aliphatic carboxylic acids is 1. The summed E-state index contributed by atoms with van der Waals surface area (Å²) in [5.41, 5.74) is -0.666. The fourth-order valence-corrected chi connectivity index (χ4v) is 1.12. The van der Waals surface area contributed by atoms with Crippen molar-refractivity contribution < 1.29 is 19.7 Å². The highest BCUT2D eigenvalue weighted by molar-refractivity contribution is 5.75. The van der Waals surface area contributed by atoms with Crippen LogP contribution in [0.1, 0.15) is 47.0 Å². The van der Waals surface area contributed by atoms with Gasteiger partial charge in [-0.05, 0) is 27.2 Å². The average molecular weight is 204 g/mol. The first-order valence-corrected chi connectivity index (χ1v) is 4.87. The molecule has 0 bridgehead atoms. The van der Waals surface area contributed by atoms with Gasteiger partial charge in [0.2, 0.25) is 0 Å². The van der Waals surface area contributed by atoms with Crippen LogP contribution >= 0.6 is 0 Å². The standard InChI is InChI=1S/C10H20O4/c1-5-6-7-10(13,8(11)12)14-9(2,3)4/h13H,5-7H2,1-4H3,(H,11,12). The van der Waals surface area contributed by atoms with Crippen LogP contribution in [-0.4, -0.2) is 27.6 Å². The SMILES string of the molecule is CCCCC(O)(OC(C)(C)C)C(=O)O. The molecule has 0 amide bonds. The van der Waals surface area contributed by atoms with Gasteiger partial charge in [0.25, 0.3) is 5.79 Å². The summed E-state index contributed by atoms with van der Waals surface area (Å²) in [6.07, 6.45) is 1.57. The minimum absolute atomic E-state index is 0.121. The average Bonchev–Trinajstić information content (AvgIpc) is 1.97. The van der Waals surface area contributed by atoms with Gasteiger partial charge in [-0.3, -0.25) is 0 Å². The van der Waals surface area contributed by atoms with Crippen LogP contribution in [0.5, 0.6) is 0 Å². The zero-order valence-corrected chi connectivity index (χ0v) is 9.33. The van der Waals surface area contributed by atoms with Crippen LogP contribution in [-0.2, 0) is 9.53 Å². The molecule has 1 atom stereocenters. The predicted molar refractivity (Wildman–Crippen MR) is 52.9 cm³/mol. The van der Waals surface area contributed by atoms with Gasteiger partial charge in [-0.25, -0.2) is 4.79 Å². The van der Waals surface area contributed by atoms with E-state index in [0.29, 0.717) is 6.42 Å². The molecule has 0 spiro atoms. The molecule has 0 aromatic carbocycles. The topological polar surface area (TPSA) is 66.8 Å². The highest BCUT2D eigenvalue weighted by Gasteiger charge is 2.40. The lowest BCUT2D eigenvalue weighted by Crippen LogP contribution is -2.46. The minimum Gasteiger partial charge on any atom is -0.477 e. The highest BCUT2D eigenvalue weighted by atomic mass is 16.7. The van der Waals surface area contributed by atoms with Gasteiger partial charge in [-0.15, -0.1) is 0 Å². The highest BCUT2D eigenvalue weighted by Crippen LogP contribution is 2.23. The number of carboxylic acids is 1. The maximum absolute atomic E-state index is 10.8. The minimum atomic E-state index is -2.05. The van der Waals surface area contributed by atoms with Crippen molar-refractivity contribution >= 4 is 5.97 Å². The molecule has 0 saturated heterocycles. The summed E-state index contributed by atoms with van der Waals surface area (Å²) >= 11 is 0. The molecule has 4 heteroatoms. The van der Waals surface area contributed by atoms with Crippen LogP contribution in [0.3, 0.4) is 0 Å². The zero-order valence-electron chi connectivity index (χ0n) is 9.33. The molecule has 0 heterocycles. The number of aliphatic hydroxyl groups is 1. The third kappa shape index (κ3) is 4.58. The van der Waals surface area contributed by atoms with Crippen LogP contribution in [0.4, 0.5) is 0 Å². The fourth-order valence-electron chi connectivity index (χ4n) is 1.12. The number of hydrogen-bond acceptors (Lipinski definition) is 3. The van der Waals surface area contributed by atoms with Crippen molar-refractivity contribution in [3.05, 3.63) is 0 Å². The number of rotatable bonds is 5. The predicted octanol–water partition coefficient (Wildman–Crippen LogP) is 1.76. The molecule has 0 aromatic rings. The van der Waals surface area contributed by atoms with Crippen molar-refractivity contribution in [3.8, 4) is 0 Å². The van der Waals surface area contributed by atoms with Crippen molar-refractivity contribution in [2.45, 2.75) is 58.3 Å². The number of unbranched alkanes of at least 4 members (excludes halogenated alkanes) is 1. The van der Waals surface area contributed by atoms with Crippen molar-refractivity contribution in [1.29, 1.82) is 0 Å². The van der Waals surface area contributed by atoms with Crippen LogP contribution in [0.15, 0.2) is 0 Å². The van der Waals surface area contributed by atoms with E-state index in [0.717, 1.165) is 6.42 Å². The van der Waals surface area contributed by atoms with E-state index >= 15 is 0 Å². The van der Waals surface area contributed by atoms with Gasteiger partial charge in [-0.1, -0.05) is 13.3 Å². The normalized spacial score (nSPS) is 16.4. The Hall–Kier alpha value is -0.610. The monoisotopic (exact) mass is 204 g/mol. The molecule has 2 N–H and O–H groups in total. The van der Waals surface area contributed by atoms with Gasteiger partial charge < -0.3 is 14.9 Å². The second kappa shape index (κ2) is 4.75. The lowest BCUT2D eigenvalue weighted by Gasteiger charge is -2.31. The van der Waals surface area contributed by atoms with Gasteiger partial charge in [0, 0.05) is 6.42 Å². The molecule has 0 aliphatic heterocycles. The number of ether oxygens (including phenoxy) is 1. The van der Waals surface area contributed by atoms with E-state index in [1.54, 1.807) is 20.8 Å². The van der Waals surface area contributed by atoms with Gasteiger partial charge in [0.1, 0.15) is 0 Å². The number of carbonyl (C=O) groups is 1. The Balaban J connectivity index is 4.48. The molecule has 84 valence electrons. The largest absolute Gasteiger partial charge is 0.477 e. The van der Waals surface area contributed by atoms with E-state index in [-0.39, 0.29) is 6.42 Å². The van der Waals surface area contributed by atoms with Crippen LogP contribution in [0, 0.1) is 0 Å². The maximum Gasteiger partial charge on any atom is 0.364 e. The third-order valence-corrected chi connectivity index (χ3v) is 1.68. The van der Waals surface area contributed by atoms with Crippen molar-refractivity contribution in [2.75, 3.05) is 0 Å². The van der Waals surface area contributed by atoms with Crippen LogP contribution in [0.25, 0.3) is 0 Å². The molecule has 0 aromatic heterocycles. The third-order valence-electron chi connectivity index (χ3n) is 1.68. The molecule has 0 fully saturated rings. The second-order valence-electron chi connectivity index (χ2n) is 4.41.